The zero-order chi connectivity index (χ0) is 20.0. The first-order chi connectivity index (χ1) is 14.2. The summed E-state index contributed by atoms with van der Waals surface area (Å²) < 4.78 is 6.12. The second-order valence-electron chi connectivity index (χ2n) is 6.46. The van der Waals surface area contributed by atoms with E-state index in [1.165, 1.54) is 11.8 Å². The molecule has 0 radical (unpaired) electrons. The van der Waals surface area contributed by atoms with Gasteiger partial charge in [0.15, 0.2) is 10.9 Å². The summed E-state index contributed by atoms with van der Waals surface area (Å²) in [6.07, 6.45) is 1.26. The summed E-state index contributed by atoms with van der Waals surface area (Å²) in [7, 11) is 0. The molecule has 2 aliphatic heterocycles. The smallest absolute Gasteiger partial charge is 0.276 e. The minimum Gasteiger partial charge on any atom is -0.457 e. The first kappa shape index (κ1) is 18.0. The van der Waals surface area contributed by atoms with Crippen molar-refractivity contribution in [1.29, 1.82) is 0 Å². The van der Waals surface area contributed by atoms with Gasteiger partial charge < -0.3 is 4.42 Å². The summed E-state index contributed by atoms with van der Waals surface area (Å²) in [5.74, 6) is 0.997. The van der Waals surface area contributed by atoms with Gasteiger partial charge in [-0.25, -0.2) is 10.0 Å². The number of amidine groups is 1. The molecule has 1 amide bonds. The van der Waals surface area contributed by atoms with E-state index in [0.29, 0.717) is 27.4 Å². The normalized spacial score (nSPS) is 17.8. The van der Waals surface area contributed by atoms with Crippen molar-refractivity contribution in [3.63, 3.8) is 0 Å². The Morgan fingerprint density at radius 3 is 2.72 bits per heavy atom. The Bertz CT molecular complexity index is 1280. The van der Waals surface area contributed by atoms with Crippen molar-refractivity contribution in [2.75, 3.05) is 6.26 Å². The molecule has 0 bridgehead atoms. The monoisotopic (exact) mass is 422 g/mol. The fourth-order valence-corrected chi connectivity index (χ4v) is 4.00. The van der Waals surface area contributed by atoms with Crippen LogP contribution in [0.3, 0.4) is 0 Å². The number of benzene rings is 2. The van der Waals surface area contributed by atoms with E-state index >= 15 is 0 Å². The van der Waals surface area contributed by atoms with Crippen LogP contribution >= 0.6 is 23.4 Å². The van der Waals surface area contributed by atoms with Gasteiger partial charge in [-0.1, -0.05) is 53.7 Å². The van der Waals surface area contributed by atoms with E-state index < -0.39 is 6.17 Å². The number of carbonyl (C=O) groups excluding carboxylic acids is 1. The molecule has 144 valence electrons. The van der Waals surface area contributed by atoms with E-state index in [9.17, 15) is 4.79 Å². The zero-order valence-electron chi connectivity index (χ0n) is 15.3. The van der Waals surface area contributed by atoms with Crippen LogP contribution in [0.5, 0.6) is 0 Å². The van der Waals surface area contributed by atoms with Gasteiger partial charge in [0.2, 0.25) is 6.17 Å². The molecular formula is C21H15ClN4O2S. The molecule has 0 saturated heterocycles. The molecule has 3 aromatic rings. The highest BCUT2D eigenvalue weighted by atomic mass is 35.5. The molecule has 29 heavy (non-hydrogen) atoms. The Balaban J connectivity index is 1.67. The van der Waals surface area contributed by atoms with Crippen LogP contribution < -0.4 is 15.9 Å². The molecule has 0 spiro atoms. The summed E-state index contributed by atoms with van der Waals surface area (Å²) in [6.45, 7) is 0. The van der Waals surface area contributed by atoms with Crippen LogP contribution in [0.2, 0.25) is 5.02 Å². The number of nitrogens with one attached hydrogen (secondary N) is 1. The number of rotatable bonds is 2. The number of nitrogens with zero attached hydrogens (tertiary/aromatic N) is 3. The maximum atomic E-state index is 12.8. The molecule has 3 heterocycles. The number of para-hydroxylation sites is 1. The molecule has 0 saturated carbocycles. The highest BCUT2D eigenvalue weighted by Gasteiger charge is 2.35. The van der Waals surface area contributed by atoms with E-state index in [1.54, 1.807) is 5.01 Å². The number of furan rings is 1. The van der Waals surface area contributed by atoms with E-state index in [4.69, 9.17) is 21.0 Å². The fraction of sp³-hybridized carbons (Fsp3) is 0.0952. The van der Waals surface area contributed by atoms with Crippen LogP contribution in [0.1, 0.15) is 11.9 Å². The number of thioether (sulfide) groups is 1. The van der Waals surface area contributed by atoms with Crippen molar-refractivity contribution in [3.8, 4) is 11.3 Å². The number of fused-ring (bicyclic) bond motifs is 2. The summed E-state index contributed by atoms with van der Waals surface area (Å²) >= 11 is 7.67. The number of hydrogen-bond acceptors (Lipinski definition) is 6. The lowest BCUT2D eigenvalue weighted by Crippen LogP contribution is -2.50. The van der Waals surface area contributed by atoms with Gasteiger partial charge >= 0.3 is 0 Å². The van der Waals surface area contributed by atoms with Gasteiger partial charge in [0.05, 0.1) is 10.4 Å². The number of halogens is 1. The van der Waals surface area contributed by atoms with Crippen LogP contribution in [-0.2, 0) is 4.79 Å². The van der Waals surface area contributed by atoms with E-state index in [0.717, 1.165) is 16.1 Å². The third-order valence-electron chi connectivity index (χ3n) is 4.73. The van der Waals surface area contributed by atoms with Crippen molar-refractivity contribution >= 4 is 40.1 Å². The highest BCUT2D eigenvalue weighted by molar-refractivity contribution is 8.13. The van der Waals surface area contributed by atoms with Crippen molar-refractivity contribution in [2.24, 2.45) is 10.1 Å². The first-order valence-corrected chi connectivity index (χ1v) is 10.5. The molecule has 1 N–H and O–H groups in total. The summed E-state index contributed by atoms with van der Waals surface area (Å²) in [5, 5.41) is 11.6. The molecule has 2 aromatic carbocycles. The minimum absolute atomic E-state index is 0.213. The fourth-order valence-electron chi connectivity index (χ4n) is 3.40. The average molecular weight is 423 g/mol. The van der Waals surface area contributed by atoms with Crippen LogP contribution in [0, 0.1) is 0 Å². The molecule has 8 heteroatoms. The second-order valence-corrected chi connectivity index (χ2v) is 7.66. The topological polar surface area (TPSA) is 70.2 Å². The van der Waals surface area contributed by atoms with Gasteiger partial charge in [0.1, 0.15) is 11.5 Å². The number of hydrogen-bond donors (Lipinski definition) is 1. The number of amides is 1. The minimum atomic E-state index is -0.593. The average Bonchev–Trinajstić information content (AvgIpc) is 3.22. The lowest BCUT2D eigenvalue weighted by atomic mass is 10.1. The van der Waals surface area contributed by atoms with Crippen LogP contribution in [0.4, 0.5) is 0 Å². The van der Waals surface area contributed by atoms with Gasteiger partial charge in [-0.3, -0.25) is 10.1 Å². The number of hydrazone groups is 1. The Labute approximate surface area is 175 Å². The second kappa shape index (κ2) is 7.09. The predicted molar refractivity (Wildman–Crippen MR) is 113 cm³/mol. The van der Waals surface area contributed by atoms with Crippen molar-refractivity contribution in [3.05, 3.63) is 82.0 Å². The summed E-state index contributed by atoms with van der Waals surface area (Å²) in [5.41, 5.74) is 1.25. The maximum Gasteiger partial charge on any atom is 0.276 e. The van der Waals surface area contributed by atoms with Gasteiger partial charge in [0.25, 0.3) is 5.91 Å². The van der Waals surface area contributed by atoms with Crippen LogP contribution in [-0.4, -0.2) is 22.3 Å². The standard InChI is InChI=1S/C21H15ClN4O2S/c1-29-21-24-20(27)18-13-7-3-5-9-15(13)23-19(26(18)25-21)17-11-10-16(28-17)12-6-2-4-8-14(12)22/h2-11,19H,1H3,(H,24,25,27). The Hall–Kier alpha value is -3.03. The van der Waals surface area contributed by atoms with Gasteiger partial charge in [-0.05, 0) is 36.6 Å². The summed E-state index contributed by atoms with van der Waals surface area (Å²) in [4.78, 5) is 17.6. The lowest BCUT2D eigenvalue weighted by molar-refractivity contribution is -0.116. The summed E-state index contributed by atoms with van der Waals surface area (Å²) in [6, 6.07) is 18.7. The quantitative estimate of drug-likeness (QED) is 0.689. The van der Waals surface area contributed by atoms with Crippen molar-refractivity contribution < 1.29 is 9.21 Å². The molecule has 0 aliphatic carbocycles. The Morgan fingerprint density at radius 2 is 1.90 bits per heavy atom. The van der Waals surface area contributed by atoms with E-state index in [1.807, 2.05) is 66.9 Å². The molecule has 1 aromatic heterocycles. The molecule has 6 nitrogen and oxygen atoms in total. The largest absolute Gasteiger partial charge is 0.457 e. The molecular weight excluding hydrogens is 408 g/mol. The van der Waals surface area contributed by atoms with Gasteiger partial charge in [0, 0.05) is 10.8 Å². The van der Waals surface area contributed by atoms with E-state index in [-0.39, 0.29) is 5.91 Å². The molecule has 1 atom stereocenters. The zero-order valence-corrected chi connectivity index (χ0v) is 16.9. The molecule has 0 fully saturated rings. The SMILES string of the molecule is CSC1=NN2C(=c3ccccc3=NC2c2ccc(-c3ccccc3Cl)o2)C(=O)N1. The van der Waals surface area contributed by atoms with Crippen LogP contribution in [0.25, 0.3) is 17.0 Å². The third-order valence-corrected chi connectivity index (χ3v) is 5.63. The van der Waals surface area contributed by atoms with E-state index in [2.05, 4.69) is 10.4 Å². The predicted octanol–water partition coefficient (Wildman–Crippen LogP) is 3.11. The lowest BCUT2D eigenvalue weighted by Gasteiger charge is -2.32. The van der Waals surface area contributed by atoms with Gasteiger partial charge in [-0.15, -0.1) is 5.10 Å². The molecule has 5 rings (SSSR count). The van der Waals surface area contributed by atoms with Gasteiger partial charge in [-0.2, -0.15) is 0 Å². The first-order valence-electron chi connectivity index (χ1n) is 8.91. The Kier molecular flexibility index (Phi) is 4.41. The third kappa shape index (κ3) is 3.03. The van der Waals surface area contributed by atoms with Crippen molar-refractivity contribution in [1.82, 2.24) is 10.3 Å². The molecule has 2 aliphatic rings. The van der Waals surface area contributed by atoms with Crippen LogP contribution in [0.15, 0.2) is 75.2 Å². The van der Waals surface area contributed by atoms with Crippen molar-refractivity contribution in [2.45, 2.75) is 6.17 Å². The maximum absolute atomic E-state index is 12.8. The highest BCUT2D eigenvalue weighted by Crippen LogP contribution is 2.35. The Morgan fingerprint density at radius 1 is 1.10 bits per heavy atom. The number of carbonyl (C=O) groups is 1. The molecule has 1 unspecified atom stereocenters.